The van der Waals surface area contributed by atoms with Gasteiger partial charge in [-0.1, -0.05) is 25.1 Å². The summed E-state index contributed by atoms with van der Waals surface area (Å²) in [6.07, 6.45) is 0.636. The van der Waals surface area contributed by atoms with Gasteiger partial charge >= 0.3 is 6.09 Å². The molecule has 1 atom stereocenters. The molecular weight excluding hydrogens is 474 g/mol. The molecule has 1 aliphatic rings. The molecule has 36 heavy (non-hydrogen) atoms. The molecule has 7 nitrogen and oxygen atoms in total. The van der Waals surface area contributed by atoms with Crippen LogP contribution in [0.15, 0.2) is 60.7 Å². The first kappa shape index (κ1) is 25.7. The Labute approximate surface area is 216 Å². The van der Waals surface area contributed by atoms with Crippen LogP contribution in [-0.2, 0) is 11.2 Å². The van der Waals surface area contributed by atoms with E-state index in [1.54, 1.807) is 23.3 Å². The smallest absolute Gasteiger partial charge is 0.410 e. The van der Waals surface area contributed by atoms with Crippen molar-refractivity contribution >= 4 is 28.3 Å². The third-order valence-corrected chi connectivity index (χ3v) is 7.73. The van der Waals surface area contributed by atoms with Gasteiger partial charge in [0.05, 0.1) is 39.9 Å². The van der Waals surface area contributed by atoms with E-state index in [4.69, 9.17) is 9.47 Å². The summed E-state index contributed by atoms with van der Waals surface area (Å²) in [6, 6.07) is 19.7. The minimum Gasteiger partial charge on any atom is -0.497 e. The maximum atomic E-state index is 13.1. The fourth-order valence-electron chi connectivity index (χ4n) is 4.62. The molecule has 2 heterocycles. The first-order valence-corrected chi connectivity index (χ1v) is 13.2. The lowest BCUT2D eigenvalue weighted by Gasteiger charge is -2.36. The number of quaternary nitrogens is 1. The first-order valence-electron chi connectivity index (χ1n) is 12.4. The van der Waals surface area contributed by atoms with Crippen LogP contribution >= 0.6 is 11.3 Å². The molecule has 4 rings (SSSR count). The van der Waals surface area contributed by atoms with Gasteiger partial charge in [-0.2, -0.15) is 0 Å². The zero-order valence-corrected chi connectivity index (χ0v) is 21.9. The van der Waals surface area contributed by atoms with Crippen molar-refractivity contribution < 1.29 is 24.0 Å². The van der Waals surface area contributed by atoms with Gasteiger partial charge in [0, 0.05) is 21.6 Å². The third kappa shape index (κ3) is 5.88. The van der Waals surface area contributed by atoms with E-state index in [1.807, 2.05) is 49.4 Å². The number of hydrogen-bond donors (Lipinski definition) is 2. The zero-order chi connectivity index (χ0) is 25.5. The second-order valence-electron chi connectivity index (χ2n) is 8.72. The second-order valence-corrected chi connectivity index (χ2v) is 9.86. The molecule has 1 fully saturated rings. The molecule has 1 unspecified atom stereocenters. The average Bonchev–Trinajstić information content (AvgIpc) is 3.32. The molecule has 2 amide bonds. The molecule has 8 heteroatoms. The molecule has 190 valence electrons. The lowest BCUT2D eigenvalue weighted by Crippen LogP contribution is -3.15. The highest BCUT2D eigenvalue weighted by atomic mass is 32.1. The Balaban J connectivity index is 1.67. The van der Waals surface area contributed by atoms with Gasteiger partial charge in [0.25, 0.3) is 5.91 Å². The Morgan fingerprint density at radius 1 is 1.06 bits per heavy atom. The summed E-state index contributed by atoms with van der Waals surface area (Å²) in [5, 5.41) is 4.07. The number of hydrogen-bond acceptors (Lipinski definition) is 5. The monoisotopic (exact) mass is 508 g/mol. The number of carbonyl (C=O) groups excluding carboxylic acids is 2. The summed E-state index contributed by atoms with van der Waals surface area (Å²) in [6.45, 7) is 7.13. The maximum Gasteiger partial charge on any atom is 0.410 e. The predicted octanol–water partition coefficient (Wildman–Crippen LogP) is 4.02. The van der Waals surface area contributed by atoms with Crippen LogP contribution in [0.4, 0.5) is 9.80 Å². The van der Waals surface area contributed by atoms with Gasteiger partial charge in [0.15, 0.2) is 0 Å². The van der Waals surface area contributed by atoms with Crippen LogP contribution in [-0.4, -0.2) is 56.8 Å². The van der Waals surface area contributed by atoms with E-state index in [2.05, 4.69) is 30.4 Å². The normalized spacial score (nSPS) is 14.8. The molecular formula is C28H34N3O4S+. The summed E-state index contributed by atoms with van der Waals surface area (Å²) in [7, 11) is 1.66. The number of aryl methyl sites for hydroxylation is 1. The topological polar surface area (TPSA) is 72.3 Å². The average molecular weight is 509 g/mol. The van der Waals surface area contributed by atoms with Crippen LogP contribution in [0.25, 0.3) is 0 Å². The number of piperazine rings is 1. The van der Waals surface area contributed by atoms with Gasteiger partial charge in [-0.05, 0) is 55.8 Å². The van der Waals surface area contributed by atoms with Crippen LogP contribution in [0.5, 0.6) is 5.75 Å². The number of ether oxygens (including phenoxy) is 2. The van der Waals surface area contributed by atoms with Gasteiger partial charge in [-0.25, -0.2) is 4.79 Å². The van der Waals surface area contributed by atoms with Crippen molar-refractivity contribution in [2.75, 3.05) is 45.2 Å². The molecule has 2 N–H and O–H groups in total. The highest BCUT2D eigenvalue weighted by Gasteiger charge is 2.34. The number of rotatable bonds is 8. The van der Waals surface area contributed by atoms with Gasteiger partial charge in [-0.15, -0.1) is 11.3 Å². The van der Waals surface area contributed by atoms with E-state index < -0.39 is 0 Å². The molecule has 1 aliphatic heterocycles. The van der Waals surface area contributed by atoms with Crippen LogP contribution in [0.1, 0.15) is 46.3 Å². The number of carbonyl (C=O) groups is 2. The largest absolute Gasteiger partial charge is 0.497 e. The van der Waals surface area contributed by atoms with Crippen molar-refractivity contribution in [1.82, 2.24) is 4.90 Å². The Bertz CT molecular complexity index is 1160. The summed E-state index contributed by atoms with van der Waals surface area (Å²) in [5.41, 5.74) is 2.88. The van der Waals surface area contributed by atoms with Crippen molar-refractivity contribution in [3.05, 3.63) is 82.2 Å². The highest BCUT2D eigenvalue weighted by molar-refractivity contribution is 7.16. The SMILES string of the molecule is CCOC(=O)N1CC[NH+](C(c2ccc(OC)cc2)c2cc(CC)sc2NC(=O)c2ccccc2)CC1. The standard InChI is InChI=1S/C28H33N3O4S/c1-4-23-19-24(27(36-23)29-26(32)21-9-7-6-8-10-21)25(20-11-13-22(34-3)14-12-20)30-15-17-31(18-16-30)28(33)35-5-2/h6-14,19,25H,4-5,15-18H2,1-3H3,(H,29,32)/p+1. The molecule has 0 aliphatic carbocycles. The highest BCUT2D eigenvalue weighted by Crippen LogP contribution is 2.36. The number of amides is 2. The van der Waals surface area contributed by atoms with Crippen LogP contribution in [0.2, 0.25) is 0 Å². The van der Waals surface area contributed by atoms with Gasteiger partial charge in [0.1, 0.15) is 16.8 Å². The molecule has 0 bridgehead atoms. The van der Waals surface area contributed by atoms with Crippen LogP contribution in [0.3, 0.4) is 0 Å². The number of nitrogens with one attached hydrogen (secondary N) is 2. The van der Waals surface area contributed by atoms with Crippen molar-refractivity contribution in [2.45, 2.75) is 26.3 Å². The predicted molar refractivity (Wildman–Crippen MR) is 142 cm³/mol. The van der Waals surface area contributed by atoms with Crippen LogP contribution < -0.4 is 15.0 Å². The fraction of sp³-hybridized carbons (Fsp3) is 0.357. The molecule has 1 saturated heterocycles. The fourth-order valence-corrected chi connectivity index (χ4v) is 5.65. The minimum atomic E-state index is -0.253. The summed E-state index contributed by atoms with van der Waals surface area (Å²) in [5.74, 6) is 0.689. The van der Waals surface area contributed by atoms with Gasteiger partial charge < -0.3 is 19.7 Å². The Kier molecular flexibility index (Phi) is 8.61. The van der Waals surface area contributed by atoms with Crippen molar-refractivity contribution in [1.29, 1.82) is 0 Å². The summed E-state index contributed by atoms with van der Waals surface area (Å²) in [4.78, 5) is 29.7. The number of nitrogens with zero attached hydrogens (tertiary/aromatic N) is 1. The molecule has 0 radical (unpaired) electrons. The van der Waals surface area contributed by atoms with Crippen molar-refractivity contribution in [3.8, 4) is 5.75 Å². The molecule has 3 aromatic rings. The lowest BCUT2D eigenvalue weighted by molar-refractivity contribution is -0.929. The molecule has 2 aromatic carbocycles. The molecule has 0 spiro atoms. The second kappa shape index (κ2) is 12.1. The number of benzene rings is 2. The van der Waals surface area contributed by atoms with Crippen molar-refractivity contribution in [2.24, 2.45) is 0 Å². The van der Waals surface area contributed by atoms with E-state index in [1.165, 1.54) is 9.78 Å². The summed E-state index contributed by atoms with van der Waals surface area (Å²) < 4.78 is 10.6. The van der Waals surface area contributed by atoms with E-state index in [0.29, 0.717) is 25.3 Å². The maximum absolute atomic E-state index is 13.1. The Morgan fingerprint density at radius 2 is 1.75 bits per heavy atom. The lowest BCUT2D eigenvalue weighted by atomic mass is 9.97. The number of thiophene rings is 1. The van der Waals surface area contributed by atoms with E-state index in [9.17, 15) is 9.59 Å². The first-order chi connectivity index (χ1) is 17.5. The Hall–Kier alpha value is -3.36. The minimum absolute atomic E-state index is 0.00266. The van der Waals surface area contributed by atoms with Gasteiger partial charge in [-0.3, -0.25) is 9.69 Å². The third-order valence-electron chi connectivity index (χ3n) is 6.52. The number of anilines is 1. The Morgan fingerprint density at radius 3 is 2.36 bits per heavy atom. The van der Waals surface area contributed by atoms with Gasteiger partial charge in [0.2, 0.25) is 0 Å². The molecule has 0 saturated carbocycles. The van der Waals surface area contributed by atoms with E-state index in [0.717, 1.165) is 41.4 Å². The van der Waals surface area contributed by atoms with E-state index in [-0.39, 0.29) is 18.0 Å². The summed E-state index contributed by atoms with van der Waals surface area (Å²) >= 11 is 1.63. The van der Waals surface area contributed by atoms with E-state index >= 15 is 0 Å². The quantitative estimate of drug-likeness (QED) is 0.482. The molecule has 1 aromatic heterocycles. The van der Waals surface area contributed by atoms with Crippen LogP contribution in [0, 0.1) is 0 Å². The number of methoxy groups -OCH3 is 1. The van der Waals surface area contributed by atoms with Crippen molar-refractivity contribution in [3.63, 3.8) is 0 Å². The zero-order valence-electron chi connectivity index (χ0n) is 21.1.